The van der Waals surface area contributed by atoms with Gasteiger partial charge in [-0.1, -0.05) is 36.8 Å². The van der Waals surface area contributed by atoms with Crippen LogP contribution in [0.2, 0.25) is 0 Å². The standard InChI is InChI=1S/C18H25NO3.CH3NO/c20-16(10-4-9-15-7-2-1-3-8-15)19-14-6-13-18(17(21)22)11-5-12-18;2-1-3/h1-3,7-8H,4-6,9-14H2,(H,19,20)(H,21,22);1H,(H2,2,3). The van der Waals surface area contributed by atoms with Crippen LogP contribution in [-0.4, -0.2) is 29.9 Å². The van der Waals surface area contributed by atoms with E-state index < -0.39 is 11.4 Å². The highest BCUT2D eigenvalue weighted by Gasteiger charge is 2.43. The van der Waals surface area contributed by atoms with Crippen molar-refractivity contribution in [1.29, 1.82) is 0 Å². The molecule has 1 aromatic carbocycles. The molecule has 0 bridgehead atoms. The number of amides is 2. The second-order valence-electron chi connectivity index (χ2n) is 6.37. The minimum absolute atomic E-state index is 0.0638. The number of carboxylic acids is 1. The van der Waals surface area contributed by atoms with Crippen molar-refractivity contribution in [1.82, 2.24) is 5.32 Å². The normalized spacial score (nSPS) is 14.4. The molecule has 138 valence electrons. The largest absolute Gasteiger partial charge is 0.481 e. The minimum atomic E-state index is -0.673. The van der Waals surface area contributed by atoms with Gasteiger partial charge < -0.3 is 16.2 Å². The maximum Gasteiger partial charge on any atom is 0.309 e. The Kier molecular flexibility index (Phi) is 9.29. The molecule has 0 spiro atoms. The van der Waals surface area contributed by atoms with E-state index in [4.69, 9.17) is 4.79 Å². The van der Waals surface area contributed by atoms with E-state index in [-0.39, 0.29) is 12.3 Å². The number of carbonyl (C=O) groups is 3. The zero-order chi connectivity index (χ0) is 18.5. The zero-order valence-corrected chi connectivity index (χ0v) is 14.6. The van der Waals surface area contributed by atoms with Crippen LogP contribution in [0.25, 0.3) is 0 Å². The summed E-state index contributed by atoms with van der Waals surface area (Å²) in [6.07, 6.45) is 6.53. The summed E-state index contributed by atoms with van der Waals surface area (Å²) in [5.41, 5.74) is 4.92. The molecular formula is C19H28N2O4. The third kappa shape index (κ3) is 7.37. The van der Waals surface area contributed by atoms with E-state index in [0.717, 1.165) is 38.5 Å². The highest BCUT2D eigenvalue weighted by atomic mass is 16.4. The summed E-state index contributed by atoms with van der Waals surface area (Å²) in [5.74, 6) is -0.609. The lowest BCUT2D eigenvalue weighted by Crippen LogP contribution is -2.38. The fourth-order valence-corrected chi connectivity index (χ4v) is 3.02. The molecule has 6 heteroatoms. The van der Waals surface area contributed by atoms with Gasteiger partial charge >= 0.3 is 5.97 Å². The first-order valence-electron chi connectivity index (χ1n) is 8.73. The third-order valence-corrected chi connectivity index (χ3v) is 4.63. The van der Waals surface area contributed by atoms with Gasteiger partial charge in [0.25, 0.3) is 0 Å². The number of nitrogens with one attached hydrogen (secondary N) is 1. The molecule has 1 aliphatic carbocycles. The molecule has 0 aliphatic heterocycles. The van der Waals surface area contributed by atoms with E-state index in [1.54, 1.807) is 0 Å². The van der Waals surface area contributed by atoms with Gasteiger partial charge in [-0.2, -0.15) is 0 Å². The predicted molar refractivity (Wildman–Crippen MR) is 95.8 cm³/mol. The van der Waals surface area contributed by atoms with Crippen molar-refractivity contribution >= 4 is 18.3 Å². The molecule has 0 aromatic heterocycles. The molecule has 0 saturated heterocycles. The Labute approximate surface area is 148 Å². The quantitative estimate of drug-likeness (QED) is 0.469. The fourth-order valence-electron chi connectivity index (χ4n) is 3.02. The predicted octanol–water partition coefficient (Wildman–Crippen LogP) is 2.26. The number of hydrogen-bond acceptors (Lipinski definition) is 3. The van der Waals surface area contributed by atoms with Crippen molar-refractivity contribution < 1.29 is 19.5 Å². The highest BCUT2D eigenvalue weighted by Crippen LogP contribution is 2.44. The van der Waals surface area contributed by atoms with E-state index >= 15 is 0 Å². The number of benzene rings is 1. The van der Waals surface area contributed by atoms with Crippen molar-refractivity contribution in [2.24, 2.45) is 11.1 Å². The Hall–Kier alpha value is -2.37. The van der Waals surface area contributed by atoms with Crippen LogP contribution in [0.15, 0.2) is 30.3 Å². The van der Waals surface area contributed by atoms with Crippen LogP contribution in [0.3, 0.4) is 0 Å². The van der Waals surface area contributed by atoms with Gasteiger partial charge in [-0.25, -0.2) is 0 Å². The van der Waals surface area contributed by atoms with Crippen LogP contribution in [-0.2, 0) is 20.8 Å². The first-order chi connectivity index (χ1) is 12.0. The minimum Gasteiger partial charge on any atom is -0.481 e. The van der Waals surface area contributed by atoms with Gasteiger partial charge in [0.1, 0.15) is 0 Å². The van der Waals surface area contributed by atoms with Crippen LogP contribution in [0.5, 0.6) is 0 Å². The van der Waals surface area contributed by atoms with E-state index in [0.29, 0.717) is 19.4 Å². The van der Waals surface area contributed by atoms with Crippen LogP contribution >= 0.6 is 0 Å². The summed E-state index contributed by atoms with van der Waals surface area (Å²) in [6, 6.07) is 10.1. The number of aliphatic carboxylic acids is 1. The summed E-state index contributed by atoms with van der Waals surface area (Å²) in [4.78, 5) is 31.6. The van der Waals surface area contributed by atoms with Gasteiger partial charge in [0.15, 0.2) is 0 Å². The molecule has 2 rings (SSSR count). The molecule has 0 heterocycles. The Morgan fingerprint density at radius 2 is 1.84 bits per heavy atom. The van der Waals surface area contributed by atoms with E-state index in [1.807, 2.05) is 18.2 Å². The summed E-state index contributed by atoms with van der Waals surface area (Å²) in [5, 5.41) is 12.1. The number of nitrogens with two attached hydrogens (primary N) is 1. The van der Waals surface area contributed by atoms with Crippen LogP contribution in [0.1, 0.15) is 50.5 Å². The van der Waals surface area contributed by atoms with E-state index in [2.05, 4.69) is 23.2 Å². The maximum absolute atomic E-state index is 11.7. The van der Waals surface area contributed by atoms with Crippen molar-refractivity contribution in [3.63, 3.8) is 0 Å². The Bertz CT molecular complexity index is 542. The van der Waals surface area contributed by atoms with E-state index in [9.17, 15) is 14.7 Å². The molecule has 1 saturated carbocycles. The zero-order valence-electron chi connectivity index (χ0n) is 14.6. The van der Waals surface area contributed by atoms with E-state index in [1.165, 1.54) is 5.56 Å². The third-order valence-electron chi connectivity index (χ3n) is 4.63. The highest BCUT2D eigenvalue weighted by molar-refractivity contribution is 5.76. The van der Waals surface area contributed by atoms with Gasteiger partial charge in [0.2, 0.25) is 12.3 Å². The smallest absolute Gasteiger partial charge is 0.309 e. The monoisotopic (exact) mass is 348 g/mol. The number of rotatable bonds is 9. The number of hydrogen-bond donors (Lipinski definition) is 3. The summed E-state index contributed by atoms with van der Waals surface area (Å²) in [7, 11) is 0. The Morgan fingerprint density at radius 1 is 1.20 bits per heavy atom. The maximum atomic E-state index is 11.7. The Morgan fingerprint density at radius 3 is 2.36 bits per heavy atom. The molecule has 1 aliphatic rings. The topological polar surface area (TPSA) is 109 Å². The SMILES string of the molecule is NC=O.O=C(CCCc1ccccc1)NCCCC1(C(=O)O)CCC1. The molecule has 2 amide bonds. The van der Waals surface area contributed by atoms with Gasteiger partial charge in [-0.3, -0.25) is 14.4 Å². The molecule has 0 radical (unpaired) electrons. The second kappa shape index (κ2) is 11.2. The summed E-state index contributed by atoms with van der Waals surface area (Å²) >= 11 is 0. The molecule has 1 aromatic rings. The average Bonchev–Trinajstić information content (AvgIpc) is 2.54. The van der Waals surface area contributed by atoms with Crippen molar-refractivity contribution in [2.45, 2.75) is 51.4 Å². The van der Waals surface area contributed by atoms with Gasteiger partial charge in [-0.05, 0) is 44.1 Å². The molecule has 0 atom stereocenters. The van der Waals surface area contributed by atoms with Gasteiger partial charge in [0.05, 0.1) is 5.41 Å². The molecule has 4 N–H and O–H groups in total. The number of carboxylic acid groups (broad SMARTS) is 1. The molecule has 25 heavy (non-hydrogen) atoms. The molecule has 6 nitrogen and oxygen atoms in total. The van der Waals surface area contributed by atoms with Crippen molar-refractivity contribution in [3.8, 4) is 0 Å². The first-order valence-corrected chi connectivity index (χ1v) is 8.73. The van der Waals surface area contributed by atoms with Crippen molar-refractivity contribution in [2.75, 3.05) is 6.54 Å². The summed E-state index contributed by atoms with van der Waals surface area (Å²) in [6.45, 7) is 0.583. The average molecular weight is 348 g/mol. The van der Waals surface area contributed by atoms with Crippen LogP contribution < -0.4 is 11.1 Å². The molecular weight excluding hydrogens is 320 g/mol. The number of primary amides is 1. The second-order valence-corrected chi connectivity index (χ2v) is 6.37. The lowest BCUT2D eigenvalue weighted by atomic mass is 9.66. The van der Waals surface area contributed by atoms with Crippen LogP contribution in [0, 0.1) is 5.41 Å². The van der Waals surface area contributed by atoms with Gasteiger partial charge in [-0.15, -0.1) is 0 Å². The molecule has 1 fully saturated rings. The lowest BCUT2D eigenvalue weighted by Gasteiger charge is -2.37. The summed E-state index contributed by atoms with van der Waals surface area (Å²) < 4.78 is 0. The molecule has 0 unspecified atom stereocenters. The van der Waals surface area contributed by atoms with Crippen molar-refractivity contribution in [3.05, 3.63) is 35.9 Å². The van der Waals surface area contributed by atoms with Gasteiger partial charge in [0, 0.05) is 13.0 Å². The number of carbonyl (C=O) groups excluding carboxylic acids is 2. The van der Waals surface area contributed by atoms with Crippen LogP contribution in [0.4, 0.5) is 0 Å². The lowest BCUT2D eigenvalue weighted by molar-refractivity contribution is -0.155. The number of aryl methyl sites for hydroxylation is 1. The first kappa shape index (κ1) is 20.7. The Balaban J connectivity index is 0.000000970. The fraction of sp³-hybridized carbons (Fsp3) is 0.526.